The first-order chi connectivity index (χ1) is 9.95. The van der Waals surface area contributed by atoms with Crippen molar-refractivity contribution in [2.45, 2.75) is 50.5 Å². The van der Waals surface area contributed by atoms with E-state index in [1.54, 1.807) is 0 Å². The van der Waals surface area contributed by atoms with Crippen LogP contribution in [0.5, 0.6) is 0 Å². The highest BCUT2D eigenvalue weighted by atomic mass is 32.2. The molecule has 0 radical (unpaired) electrons. The fourth-order valence-electron chi connectivity index (χ4n) is 1.70. The Morgan fingerprint density at radius 3 is 2.52 bits per heavy atom. The molecule has 0 N–H and O–H groups in total. The van der Waals surface area contributed by atoms with Crippen molar-refractivity contribution in [3.8, 4) is 0 Å². The molecule has 0 spiro atoms. The predicted molar refractivity (Wildman–Crippen MR) is 80.3 cm³/mol. The van der Waals surface area contributed by atoms with E-state index in [0.717, 1.165) is 43.8 Å². The first kappa shape index (κ1) is 17.4. The van der Waals surface area contributed by atoms with E-state index in [4.69, 9.17) is 4.18 Å². The molecule has 0 unspecified atom stereocenters. The zero-order valence-electron chi connectivity index (χ0n) is 12.0. The van der Waals surface area contributed by atoms with Gasteiger partial charge in [-0.15, -0.1) is 0 Å². The maximum Gasteiger partial charge on any atom is 0.292 e. The normalized spacial score (nSPS) is 12.1. The summed E-state index contributed by atoms with van der Waals surface area (Å²) in [6.45, 7) is 4.01. The van der Waals surface area contributed by atoms with Crippen LogP contribution in [0, 0.1) is 20.2 Å². The molecular weight excluding hydrogens is 296 g/mol. The van der Waals surface area contributed by atoms with Crippen LogP contribution in [-0.2, 0) is 4.18 Å². The third-order valence-electron chi connectivity index (χ3n) is 2.87. The van der Waals surface area contributed by atoms with Crippen molar-refractivity contribution in [2.75, 3.05) is 0 Å². The Kier molecular flexibility index (Phi) is 7.10. The molecule has 0 saturated heterocycles. The quantitative estimate of drug-likeness (QED) is 0.288. The lowest BCUT2D eigenvalue weighted by Gasteiger charge is -2.11. The maximum atomic E-state index is 11.0. The van der Waals surface area contributed by atoms with Gasteiger partial charge in [-0.05, 0) is 19.4 Å². The van der Waals surface area contributed by atoms with Gasteiger partial charge in [0.1, 0.15) is 4.90 Å². The number of hydrogen-bond acceptors (Lipinski definition) is 6. The average molecular weight is 314 g/mol. The van der Waals surface area contributed by atoms with Gasteiger partial charge < -0.3 is 4.18 Å². The lowest BCUT2D eigenvalue weighted by Crippen LogP contribution is -2.03. The molecule has 7 nitrogen and oxygen atoms in total. The Balaban J connectivity index is 2.70. The van der Waals surface area contributed by atoms with Gasteiger partial charge in [-0.3, -0.25) is 20.2 Å². The lowest BCUT2D eigenvalue weighted by molar-refractivity contribution is -0.396. The van der Waals surface area contributed by atoms with Gasteiger partial charge in [-0.1, -0.05) is 26.2 Å². The van der Waals surface area contributed by atoms with Crippen molar-refractivity contribution < 1.29 is 14.0 Å². The molecule has 1 atom stereocenters. The van der Waals surface area contributed by atoms with Crippen molar-refractivity contribution in [3.05, 3.63) is 38.4 Å². The van der Waals surface area contributed by atoms with Crippen molar-refractivity contribution in [1.29, 1.82) is 0 Å². The van der Waals surface area contributed by atoms with E-state index in [2.05, 4.69) is 6.92 Å². The molecule has 116 valence electrons. The second-order valence-electron chi connectivity index (χ2n) is 4.65. The summed E-state index contributed by atoms with van der Waals surface area (Å²) in [6, 6.07) is 3.54. The van der Waals surface area contributed by atoms with Gasteiger partial charge in [-0.25, -0.2) is 0 Å². The number of unbranched alkanes of at least 4 members (excludes halogenated alkanes) is 2. The van der Waals surface area contributed by atoms with Crippen molar-refractivity contribution >= 4 is 23.4 Å². The minimum absolute atomic E-state index is 0.0312. The largest absolute Gasteiger partial charge is 0.307 e. The van der Waals surface area contributed by atoms with E-state index >= 15 is 0 Å². The van der Waals surface area contributed by atoms with E-state index in [1.807, 2.05) is 6.92 Å². The third-order valence-corrected chi connectivity index (χ3v) is 3.82. The van der Waals surface area contributed by atoms with Crippen LogP contribution in [0.3, 0.4) is 0 Å². The smallest absolute Gasteiger partial charge is 0.292 e. The fraction of sp³-hybridized carbons (Fsp3) is 0.538. The first-order valence-corrected chi connectivity index (χ1v) is 7.46. The number of benzene rings is 1. The Morgan fingerprint density at radius 1 is 1.24 bits per heavy atom. The Hall–Kier alpha value is -1.67. The number of rotatable bonds is 9. The minimum Gasteiger partial charge on any atom is -0.307 e. The summed E-state index contributed by atoms with van der Waals surface area (Å²) < 4.78 is 5.51. The molecule has 0 heterocycles. The van der Waals surface area contributed by atoms with Gasteiger partial charge in [0.25, 0.3) is 11.4 Å². The van der Waals surface area contributed by atoms with Gasteiger partial charge in [0.05, 0.1) is 22.0 Å². The third kappa shape index (κ3) is 5.68. The van der Waals surface area contributed by atoms with Gasteiger partial charge in [-0.2, -0.15) is 0 Å². The molecule has 0 aromatic heterocycles. The Bertz CT molecular complexity index is 509. The van der Waals surface area contributed by atoms with Crippen LogP contribution in [0.15, 0.2) is 23.1 Å². The Labute approximate surface area is 127 Å². The van der Waals surface area contributed by atoms with Gasteiger partial charge >= 0.3 is 0 Å². The number of hydrogen-bond donors (Lipinski definition) is 0. The molecule has 0 bridgehead atoms. The summed E-state index contributed by atoms with van der Waals surface area (Å²) in [6.07, 6.45) is 4.13. The highest BCUT2D eigenvalue weighted by molar-refractivity contribution is 7.94. The van der Waals surface area contributed by atoms with E-state index < -0.39 is 9.85 Å². The molecule has 0 amide bonds. The molecule has 1 aromatic rings. The second kappa shape index (κ2) is 8.58. The van der Waals surface area contributed by atoms with Crippen LogP contribution in [0.4, 0.5) is 11.4 Å². The fourth-order valence-corrected chi connectivity index (χ4v) is 2.40. The second-order valence-corrected chi connectivity index (χ2v) is 5.45. The van der Waals surface area contributed by atoms with E-state index in [9.17, 15) is 20.2 Å². The number of non-ortho nitro benzene ring substituents is 1. The van der Waals surface area contributed by atoms with E-state index in [-0.39, 0.29) is 22.4 Å². The molecule has 1 rings (SSSR count). The molecule has 0 fully saturated rings. The molecule has 1 aromatic carbocycles. The van der Waals surface area contributed by atoms with Gasteiger partial charge in [0, 0.05) is 18.1 Å². The molecular formula is C13H18N2O5S. The topological polar surface area (TPSA) is 95.5 Å². The average Bonchev–Trinajstić information content (AvgIpc) is 2.45. The SMILES string of the molecule is CCCCC[C@H](C)OSc1ccc([N+](=O)[O-])cc1[N+](=O)[O-]. The van der Waals surface area contributed by atoms with Crippen LogP contribution in [0.2, 0.25) is 0 Å². The van der Waals surface area contributed by atoms with Crippen LogP contribution in [0.25, 0.3) is 0 Å². The first-order valence-electron chi connectivity index (χ1n) is 6.71. The monoisotopic (exact) mass is 314 g/mol. The summed E-state index contributed by atoms with van der Waals surface area (Å²) in [5.74, 6) is 0. The molecule has 0 aliphatic rings. The predicted octanol–water partition coefficient (Wildman–Crippen LogP) is 4.50. The highest BCUT2D eigenvalue weighted by Crippen LogP contribution is 2.34. The van der Waals surface area contributed by atoms with Crippen LogP contribution in [-0.4, -0.2) is 16.0 Å². The minimum atomic E-state index is -0.657. The van der Waals surface area contributed by atoms with E-state index in [0.29, 0.717) is 0 Å². The van der Waals surface area contributed by atoms with Crippen molar-refractivity contribution in [3.63, 3.8) is 0 Å². The molecule has 8 heteroatoms. The summed E-state index contributed by atoms with van der Waals surface area (Å²) in [4.78, 5) is 20.6. The summed E-state index contributed by atoms with van der Waals surface area (Å²) in [5, 5.41) is 21.6. The highest BCUT2D eigenvalue weighted by Gasteiger charge is 2.20. The van der Waals surface area contributed by atoms with Gasteiger partial charge in [0.2, 0.25) is 0 Å². The summed E-state index contributed by atoms with van der Waals surface area (Å²) in [7, 11) is 0. The van der Waals surface area contributed by atoms with Crippen LogP contribution >= 0.6 is 12.0 Å². The number of nitro benzene ring substituents is 2. The zero-order chi connectivity index (χ0) is 15.8. The summed E-state index contributed by atoms with van der Waals surface area (Å²) >= 11 is 0.898. The van der Waals surface area contributed by atoms with Crippen molar-refractivity contribution in [2.24, 2.45) is 0 Å². The van der Waals surface area contributed by atoms with Crippen LogP contribution < -0.4 is 0 Å². The molecule has 0 aliphatic heterocycles. The van der Waals surface area contributed by atoms with E-state index in [1.165, 1.54) is 12.1 Å². The molecule has 0 saturated carbocycles. The zero-order valence-corrected chi connectivity index (χ0v) is 12.8. The maximum absolute atomic E-state index is 11.0. The summed E-state index contributed by atoms with van der Waals surface area (Å²) in [5.41, 5.74) is -0.614. The Morgan fingerprint density at radius 2 is 1.95 bits per heavy atom. The number of nitro groups is 2. The van der Waals surface area contributed by atoms with Crippen LogP contribution in [0.1, 0.15) is 39.5 Å². The lowest BCUT2D eigenvalue weighted by atomic mass is 10.1. The number of nitrogens with zero attached hydrogens (tertiary/aromatic N) is 2. The van der Waals surface area contributed by atoms with Crippen molar-refractivity contribution in [1.82, 2.24) is 0 Å². The molecule has 21 heavy (non-hydrogen) atoms. The standard InChI is InChI=1S/C13H18N2O5S/c1-3-4-5-6-10(2)20-21-13-8-7-11(14(16)17)9-12(13)15(18)19/h7-10H,3-6H2,1-2H3/t10-/m0/s1. The molecule has 0 aliphatic carbocycles. The van der Waals surface area contributed by atoms with Gasteiger partial charge in [0.15, 0.2) is 0 Å².